The summed E-state index contributed by atoms with van der Waals surface area (Å²) < 4.78 is 71.9. The van der Waals surface area contributed by atoms with E-state index >= 15 is 0 Å². The molecule has 6 saturated heterocycles. The van der Waals surface area contributed by atoms with Crippen LogP contribution in [-0.2, 0) is 71.3 Å². The molecule has 0 aliphatic carbocycles. The standard InChI is InChI=1S/C62H99N5O31/c1-7-8-9-10-11-12-13-14-15-19-87-32-18-16-17-31(20-32)56(85)67-39-45(78)44(77)33(21-68)91-58(39)95-52-34(22-69)92-59(40(47(52)80)64-28(4)73)96-53-35(23-70)93-60(41(48(53)81)65-29(5)74)97-54-36(24-71)94-61(42(49(54)82)66-30(6)75)98-55-37(90-57(86)38(46(55)79)63-27(3)72)25-88-62-51(84)50(83)43(76)26(2)89-62/h12-13,16-18,20,26,33-55,57-62,68-71,76-84,86H,7-11,14-15,19,21-25H2,1-6H3,(H,63,72)(H,64,73)(H,65,74)(H,66,75)(H,67,85)/b13-12-/t26?,33?,34-,35?,36-,37?,38?,39?,40?,41?,42?,43+,44+,45+,46+,47?,48+,49?,50+,51?,52+,53+,54+,55+,57?,58-,59-,60-,61-,62+/m0/s1. The molecule has 558 valence electrons. The average molecular weight is 1410 g/mol. The fraction of sp³-hybridized carbons (Fsp3) is 0.790. The molecule has 6 aliphatic heterocycles. The monoisotopic (exact) mass is 1410 g/mol. The molecule has 0 bridgehead atoms. The van der Waals surface area contributed by atoms with Crippen LogP contribution in [0.2, 0.25) is 0 Å². The van der Waals surface area contributed by atoms with Crippen LogP contribution in [0.25, 0.3) is 0 Å². The van der Waals surface area contributed by atoms with Crippen LogP contribution in [0.1, 0.15) is 96.8 Å². The lowest BCUT2D eigenvalue weighted by molar-refractivity contribution is -0.368. The summed E-state index contributed by atoms with van der Waals surface area (Å²) in [5, 5.41) is 168. The van der Waals surface area contributed by atoms with Gasteiger partial charge < -0.3 is 155 Å². The summed E-state index contributed by atoms with van der Waals surface area (Å²) in [5.74, 6) is -3.72. The summed E-state index contributed by atoms with van der Waals surface area (Å²) >= 11 is 0. The molecular weight excluding hydrogens is 1310 g/mol. The Morgan fingerprint density at radius 1 is 0.449 bits per heavy atom. The van der Waals surface area contributed by atoms with Gasteiger partial charge in [-0.3, -0.25) is 24.0 Å². The van der Waals surface area contributed by atoms with Gasteiger partial charge in [-0.1, -0.05) is 44.4 Å². The van der Waals surface area contributed by atoms with Gasteiger partial charge >= 0.3 is 0 Å². The highest BCUT2D eigenvalue weighted by Gasteiger charge is 2.58. The molecule has 19 N–H and O–H groups in total. The van der Waals surface area contributed by atoms with Crippen molar-refractivity contribution < 1.29 is 152 Å². The van der Waals surface area contributed by atoms with E-state index in [0.717, 1.165) is 53.4 Å². The van der Waals surface area contributed by atoms with Crippen molar-refractivity contribution in [2.45, 2.75) is 270 Å². The smallest absolute Gasteiger partial charge is 0.251 e. The largest absolute Gasteiger partial charge is 0.494 e. The third kappa shape index (κ3) is 20.5. The van der Waals surface area contributed by atoms with Gasteiger partial charge in [0, 0.05) is 33.3 Å². The van der Waals surface area contributed by atoms with Gasteiger partial charge in [0.25, 0.3) is 5.91 Å². The van der Waals surface area contributed by atoms with Crippen LogP contribution < -0.4 is 31.3 Å². The van der Waals surface area contributed by atoms with E-state index in [1.807, 2.05) is 0 Å². The zero-order valence-corrected chi connectivity index (χ0v) is 55.2. The highest BCUT2D eigenvalue weighted by Crippen LogP contribution is 2.37. The molecule has 0 saturated carbocycles. The van der Waals surface area contributed by atoms with Crippen LogP contribution in [0, 0.1) is 0 Å². The van der Waals surface area contributed by atoms with Crippen LogP contribution in [0.5, 0.6) is 5.75 Å². The predicted octanol–water partition coefficient (Wildman–Crippen LogP) is -7.37. The van der Waals surface area contributed by atoms with Crippen molar-refractivity contribution in [1.82, 2.24) is 26.6 Å². The number of benzene rings is 1. The minimum atomic E-state index is -2.07. The Kier molecular flexibility index (Phi) is 31.1. The second kappa shape index (κ2) is 37.9. The Morgan fingerprint density at radius 2 is 0.878 bits per heavy atom. The molecule has 5 amide bonds. The SMILES string of the molecule is CCCCCC/C=C\CCCOc1cccc(C(=O)NC2[C@H](O[C@H]3C(O)C(NC(C)=O)[C@H](O[C@@H]4C(CO)O[C@@H](O[C@H]5C(O)C(NC(C)=O)[C@H](O[C@@H]6C(CO[C@@H]7OC(C)[C@@H](O)[C@@H](O)C7O)OC(O)C(NC(C)=O)[C@H]6O)O[C@H]5CO)C(NC(C)=O)[C@H]4O)O[C@H]3CO)OC(CO)[C@@H](O)[C@@H]2O)c1. The molecule has 1 aromatic rings. The first-order valence-electron chi connectivity index (χ1n) is 32.8. The number of carbonyl (C=O) groups excluding carboxylic acids is 5. The van der Waals surface area contributed by atoms with Gasteiger partial charge in [0.15, 0.2) is 37.7 Å². The van der Waals surface area contributed by atoms with Gasteiger partial charge in [-0.25, -0.2) is 0 Å². The zero-order valence-electron chi connectivity index (χ0n) is 55.2. The lowest BCUT2D eigenvalue weighted by Gasteiger charge is -2.51. The van der Waals surface area contributed by atoms with Gasteiger partial charge in [-0.05, 0) is 50.8 Å². The fourth-order valence-corrected chi connectivity index (χ4v) is 12.4. The van der Waals surface area contributed by atoms with Gasteiger partial charge in [0.1, 0.15) is 146 Å². The van der Waals surface area contributed by atoms with Gasteiger partial charge in [-0.15, -0.1) is 0 Å². The van der Waals surface area contributed by atoms with E-state index in [-0.39, 0.29) is 5.56 Å². The average Bonchev–Trinajstić information content (AvgIpc) is 0.772. The Bertz CT molecular complexity index is 2710. The van der Waals surface area contributed by atoms with Gasteiger partial charge in [-0.2, -0.15) is 0 Å². The molecule has 13 unspecified atom stereocenters. The highest BCUT2D eigenvalue weighted by molar-refractivity contribution is 5.94. The minimum Gasteiger partial charge on any atom is -0.494 e. The zero-order chi connectivity index (χ0) is 71.8. The molecule has 1 aromatic carbocycles. The number of carbonyl (C=O) groups is 5. The van der Waals surface area contributed by atoms with E-state index in [2.05, 4.69) is 45.7 Å². The van der Waals surface area contributed by atoms with Gasteiger partial charge in [0.05, 0.1) is 45.7 Å². The molecule has 7 rings (SSSR count). The summed E-state index contributed by atoms with van der Waals surface area (Å²) in [6.45, 7) is 3.29. The van der Waals surface area contributed by atoms with Crippen molar-refractivity contribution >= 4 is 29.5 Å². The highest BCUT2D eigenvalue weighted by atomic mass is 16.8. The van der Waals surface area contributed by atoms with E-state index in [9.17, 15) is 95.5 Å². The summed E-state index contributed by atoms with van der Waals surface area (Å²) in [4.78, 5) is 65.0. The normalized spacial score (nSPS) is 39.9. The van der Waals surface area contributed by atoms with E-state index in [0.29, 0.717) is 18.8 Å². The molecule has 36 heteroatoms. The molecule has 36 nitrogen and oxygen atoms in total. The number of hydrogen-bond acceptors (Lipinski definition) is 31. The quantitative estimate of drug-likeness (QED) is 0.0243. The molecular formula is C62H99N5O31. The molecule has 0 radical (unpaired) electrons. The Balaban J connectivity index is 1.07. The second-order valence-electron chi connectivity index (χ2n) is 25.1. The van der Waals surface area contributed by atoms with Crippen LogP contribution in [0.15, 0.2) is 36.4 Å². The number of unbranched alkanes of at least 4 members (excludes halogenated alkanes) is 5. The Morgan fingerprint density at radius 3 is 1.34 bits per heavy atom. The van der Waals surface area contributed by atoms with E-state index in [4.69, 9.17) is 56.8 Å². The van der Waals surface area contributed by atoms with Crippen molar-refractivity contribution in [3.05, 3.63) is 42.0 Å². The van der Waals surface area contributed by atoms with Crippen molar-refractivity contribution in [1.29, 1.82) is 0 Å². The van der Waals surface area contributed by atoms with E-state index < -0.39 is 246 Å². The van der Waals surface area contributed by atoms with E-state index in [1.54, 1.807) is 12.1 Å². The summed E-state index contributed by atoms with van der Waals surface area (Å²) in [6.07, 6.45) is -33.6. The Hall–Kier alpha value is -4.89. The maximum Gasteiger partial charge on any atom is 0.251 e. The van der Waals surface area contributed by atoms with Crippen molar-refractivity contribution in [2.24, 2.45) is 0 Å². The molecule has 30 atom stereocenters. The molecule has 0 spiro atoms. The third-order valence-corrected chi connectivity index (χ3v) is 17.6. The maximum atomic E-state index is 13.9. The van der Waals surface area contributed by atoms with E-state index in [1.165, 1.54) is 31.9 Å². The van der Waals surface area contributed by atoms with Gasteiger partial charge in [0.2, 0.25) is 23.6 Å². The lowest BCUT2D eigenvalue weighted by atomic mass is 9.93. The van der Waals surface area contributed by atoms with Crippen LogP contribution in [0.3, 0.4) is 0 Å². The molecule has 0 aromatic heterocycles. The maximum absolute atomic E-state index is 13.9. The van der Waals surface area contributed by atoms with Crippen molar-refractivity contribution in [3.63, 3.8) is 0 Å². The third-order valence-electron chi connectivity index (χ3n) is 17.6. The number of rotatable bonds is 31. The lowest BCUT2D eigenvalue weighted by Crippen LogP contribution is -2.72. The second-order valence-corrected chi connectivity index (χ2v) is 25.1. The number of hydrogen-bond donors (Lipinski definition) is 19. The number of ether oxygens (including phenoxy) is 12. The predicted molar refractivity (Wildman–Crippen MR) is 328 cm³/mol. The first-order chi connectivity index (χ1) is 46.7. The van der Waals surface area contributed by atoms with Crippen LogP contribution >= 0.6 is 0 Å². The summed E-state index contributed by atoms with van der Waals surface area (Å²) in [5.41, 5.74) is 0.0454. The number of allylic oxidation sites excluding steroid dienone is 2. The summed E-state index contributed by atoms with van der Waals surface area (Å²) in [6, 6.07) is -2.52. The van der Waals surface area contributed by atoms with Crippen molar-refractivity contribution in [3.8, 4) is 5.75 Å². The Labute approximate surface area is 564 Å². The number of aliphatic hydroxyl groups excluding tert-OH is 14. The van der Waals surface area contributed by atoms with Crippen molar-refractivity contribution in [2.75, 3.05) is 39.6 Å². The topological polar surface area (TPSA) is 539 Å². The number of amides is 5. The van der Waals surface area contributed by atoms with Crippen LogP contribution in [-0.4, -0.2) is 325 Å². The summed E-state index contributed by atoms with van der Waals surface area (Å²) in [7, 11) is 0. The molecule has 6 fully saturated rings. The molecule has 6 heterocycles. The minimum absolute atomic E-state index is 0.0454. The first-order valence-corrected chi connectivity index (χ1v) is 32.8. The number of nitrogens with one attached hydrogen (secondary N) is 5. The fourth-order valence-electron chi connectivity index (χ4n) is 12.4. The number of aliphatic hydroxyl groups is 14. The molecule has 98 heavy (non-hydrogen) atoms. The molecule has 6 aliphatic rings. The van der Waals surface area contributed by atoms with Crippen LogP contribution in [0.4, 0.5) is 0 Å². The first kappa shape index (κ1) is 80.4.